The van der Waals surface area contributed by atoms with Crippen molar-refractivity contribution in [3.63, 3.8) is 0 Å². The van der Waals surface area contributed by atoms with Gasteiger partial charge in [0, 0.05) is 13.2 Å². The summed E-state index contributed by atoms with van der Waals surface area (Å²) >= 11 is 0. The first-order valence-electron chi connectivity index (χ1n) is 8.82. The van der Waals surface area contributed by atoms with Crippen molar-refractivity contribution in [2.24, 2.45) is 7.05 Å². The van der Waals surface area contributed by atoms with Crippen molar-refractivity contribution in [1.82, 2.24) is 19.7 Å². The maximum absolute atomic E-state index is 12.9. The molecule has 28 heavy (non-hydrogen) atoms. The van der Waals surface area contributed by atoms with Crippen molar-refractivity contribution in [2.45, 2.75) is 6.54 Å². The van der Waals surface area contributed by atoms with Gasteiger partial charge >= 0.3 is 0 Å². The van der Waals surface area contributed by atoms with E-state index in [1.54, 1.807) is 30.2 Å². The van der Waals surface area contributed by atoms with Crippen LogP contribution in [-0.2, 0) is 13.6 Å². The van der Waals surface area contributed by atoms with Crippen LogP contribution in [0.3, 0.4) is 0 Å². The van der Waals surface area contributed by atoms with E-state index in [4.69, 9.17) is 9.15 Å². The lowest BCUT2D eigenvalue weighted by Gasteiger charge is -2.08. The van der Waals surface area contributed by atoms with E-state index >= 15 is 0 Å². The fraction of sp³-hybridized carbons (Fsp3) is 0.143. The highest BCUT2D eigenvalue weighted by Gasteiger charge is 2.19. The molecule has 0 radical (unpaired) electrons. The van der Waals surface area contributed by atoms with Crippen molar-refractivity contribution >= 4 is 5.91 Å². The molecule has 4 rings (SSSR count). The van der Waals surface area contributed by atoms with Crippen LogP contribution in [0.2, 0.25) is 0 Å². The third kappa shape index (κ3) is 3.42. The molecule has 142 valence electrons. The second kappa shape index (κ2) is 7.48. The molecule has 7 nitrogen and oxygen atoms in total. The van der Waals surface area contributed by atoms with Crippen molar-refractivity contribution in [3.8, 4) is 22.8 Å². The van der Waals surface area contributed by atoms with Gasteiger partial charge in [-0.25, -0.2) is 4.68 Å². The van der Waals surface area contributed by atoms with E-state index in [0.29, 0.717) is 23.7 Å². The number of aromatic nitrogens is 3. The summed E-state index contributed by atoms with van der Waals surface area (Å²) in [6.07, 6.45) is 3.52. The number of furan rings is 1. The van der Waals surface area contributed by atoms with E-state index in [0.717, 1.165) is 17.1 Å². The lowest BCUT2D eigenvalue weighted by molar-refractivity contribution is 0.0940. The number of rotatable bonds is 6. The molecule has 0 saturated carbocycles. The molecule has 4 aromatic rings. The molecule has 0 saturated heterocycles. The summed E-state index contributed by atoms with van der Waals surface area (Å²) in [6, 6.07) is 16.7. The molecule has 0 fully saturated rings. The average molecular weight is 376 g/mol. The Balaban J connectivity index is 1.70. The Morgan fingerprint density at radius 2 is 2.00 bits per heavy atom. The minimum absolute atomic E-state index is 0.236. The van der Waals surface area contributed by atoms with Crippen molar-refractivity contribution in [2.75, 3.05) is 7.11 Å². The predicted molar refractivity (Wildman–Crippen MR) is 104 cm³/mol. The maximum Gasteiger partial charge on any atom is 0.270 e. The molecule has 0 aliphatic heterocycles. The summed E-state index contributed by atoms with van der Waals surface area (Å²) in [5.41, 5.74) is 2.84. The van der Waals surface area contributed by atoms with Crippen molar-refractivity contribution < 1.29 is 13.9 Å². The second-order valence-electron chi connectivity index (χ2n) is 6.29. The lowest BCUT2D eigenvalue weighted by atomic mass is 10.2. The molecule has 1 aromatic carbocycles. The number of carbonyl (C=O) groups is 1. The minimum atomic E-state index is -0.236. The van der Waals surface area contributed by atoms with E-state index in [2.05, 4.69) is 10.4 Å². The first-order chi connectivity index (χ1) is 13.7. The van der Waals surface area contributed by atoms with Crippen LogP contribution >= 0.6 is 0 Å². The molecule has 0 unspecified atom stereocenters. The topological polar surface area (TPSA) is 74.2 Å². The Morgan fingerprint density at radius 3 is 2.64 bits per heavy atom. The zero-order chi connectivity index (χ0) is 19.5. The third-order valence-corrected chi connectivity index (χ3v) is 4.47. The van der Waals surface area contributed by atoms with Crippen LogP contribution in [0.4, 0.5) is 0 Å². The highest BCUT2D eigenvalue weighted by molar-refractivity contribution is 5.94. The van der Waals surface area contributed by atoms with Crippen molar-refractivity contribution in [3.05, 3.63) is 78.5 Å². The zero-order valence-electron chi connectivity index (χ0n) is 15.6. The molecule has 7 heteroatoms. The van der Waals surface area contributed by atoms with Crippen LogP contribution in [0, 0.1) is 0 Å². The molecule has 0 aliphatic carbocycles. The van der Waals surface area contributed by atoms with E-state index in [1.807, 2.05) is 60.3 Å². The van der Waals surface area contributed by atoms with Gasteiger partial charge in [-0.15, -0.1) is 0 Å². The Labute approximate surface area is 162 Å². The molecule has 0 spiro atoms. The highest BCUT2D eigenvalue weighted by atomic mass is 16.5. The summed E-state index contributed by atoms with van der Waals surface area (Å²) in [5, 5.41) is 7.56. The predicted octanol–water partition coefficient (Wildman–Crippen LogP) is 3.41. The summed E-state index contributed by atoms with van der Waals surface area (Å²) < 4.78 is 14.1. The molecule has 0 bridgehead atoms. The number of benzene rings is 1. The van der Waals surface area contributed by atoms with Gasteiger partial charge in [-0.05, 0) is 54.6 Å². The van der Waals surface area contributed by atoms with Gasteiger partial charge in [0.25, 0.3) is 5.91 Å². The Bertz CT molecular complexity index is 1080. The lowest BCUT2D eigenvalue weighted by Crippen LogP contribution is -2.25. The quantitative estimate of drug-likeness (QED) is 0.560. The molecular formula is C21H20N4O3. The molecule has 0 aliphatic rings. The average Bonchev–Trinajstić information content (AvgIpc) is 3.46. The molecule has 3 heterocycles. The molecule has 3 aromatic heterocycles. The fourth-order valence-electron chi connectivity index (χ4n) is 2.99. The van der Waals surface area contributed by atoms with Gasteiger partial charge < -0.3 is 19.0 Å². The number of ether oxygens (including phenoxy) is 1. The number of hydrogen-bond acceptors (Lipinski definition) is 4. The number of aryl methyl sites for hydroxylation is 1. The molecule has 1 N–H and O–H groups in total. The Hall–Kier alpha value is -3.74. The molecule has 0 atom stereocenters. The van der Waals surface area contributed by atoms with Crippen LogP contribution in [-0.4, -0.2) is 27.4 Å². The van der Waals surface area contributed by atoms with Gasteiger partial charge in [-0.1, -0.05) is 0 Å². The smallest absolute Gasteiger partial charge is 0.270 e. The number of nitrogens with one attached hydrogen (secondary N) is 1. The SMILES string of the molecule is COc1ccc(-n2nc(-c3cccn3C)cc2C(=O)NCc2ccco2)cc1. The van der Waals surface area contributed by atoms with Crippen LogP contribution < -0.4 is 10.1 Å². The number of amides is 1. The van der Waals surface area contributed by atoms with Gasteiger partial charge in [-0.2, -0.15) is 5.10 Å². The Morgan fingerprint density at radius 1 is 1.18 bits per heavy atom. The molecule has 1 amide bonds. The fourth-order valence-corrected chi connectivity index (χ4v) is 2.99. The van der Waals surface area contributed by atoms with E-state index in [1.165, 1.54) is 0 Å². The third-order valence-electron chi connectivity index (χ3n) is 4.47. The number of carbonyl (C=O) groups excluding carboxylic acids is 1. The Kier molecular flexibility index (Phi) is 4.72. The number of methoxy groups -OCH3 is 1. The minimum Gasteiger partial charge on any atom is -0.497 e. The zero-order valence-corrected chi connectivity index (χ0v) is 15.6. The van der Waals surface area contributed by atoms with Gasteiger partial charge in [0.15, 0.2) is 0 Å². The van der Waals surface area contributed by atoms with Crippen LogP contribution in [0.15, 0.2) is 71.5 Å². The normalized spacial score (nSPS) is 10.8. The summed E-state index contributed by atoms with van der Waals surface area (Å²) in [5.74, 6) is 1.19. The van der Waals surface area contributed by atoms with Crippen LogP contribution in [0.25, 0.3) is 17.1 Å². The monoisotopic (exact) mass is 376 g/mol. The molecular weight excluding hydrogens is 356 g/mol. The number of hydrogen-bond donors (Lipinski definition) is 1. The van der Waals surface area contributed by atoms with E-state index in [-0.39, 0.29) is 5.91 Å². The van der Waals surface area contributed by atoms with Crippen LogP contribution in [0.1, 0.15) is 16.2 Å². The van der Waals surface area contributed by atoms with Gasteiger partial charge in [0.1, 0.15) is 22.9 Å². The standard InChI is InChI=1S/C21H20N4O3/c1-24-11-3-6-19(24)18-13-20(21(26)22-14-17-5-4-12-28-17)25(23-18)15-7-9-16(27-2)10-8-15/h3-13H,14H2,1-2H3,(H,22,26). The van der Waals surface area contributed by atoms with Gasteiger partial charge in [0.05, 0.1) is 31.3 Å². The number of nitrogens with zero attached hydrogens (tertiary/aromatic N) is 3. The van der Waals surface area contributed by atoms with E-state index < -0.39 is 0 Å². The second-order valence-corrected chi connectivity index (χ2v) is 6.29. The summed E-state index contributed by atoms with van der Waals surface area (Å²) in [4.78, 5) is 12.9. The van der Waals surface area contributed by atoms with Gasteiger partial charge in [0.2, 0.25) is 0 Å². The summed E-state index contributed by atoms with van der Waals surface area (Å²) in [7, 11) is 3.56. The largest absolute Gasteiger partial charge is 0.497 e. The highest BCUT2D eigenvalue weighted by Crippen LogP contribution is 2.23. The summed E-state index contributed by atoms with van der Waals surface area (Å²) in [6.45, 7) is 0.305. The van der Waals surface area contributed by atoms with Crippen LogP contribution in [0.5, 0.6) is 5.75 Å². The first kappa shape index (κ1) is 17.7. The van der Waals surface area contributed by atoms with Gasteiger partial charge in [-0.3, -0.25) is 4.79 Å². The van der Waals surface area contributed by atoms with Crippen molar-refractivity contribution in [1.29, 1.82) is 0 Å². The van der Waals surface area contributed by atoms with E-state index in [9.17, 15) is 4.79 Å². The first-order valence-corrected chi connectivity index (χ1v) is 8.82. The maximum atomic E-state index is 12.9.